The lowest BCUT2D eigenvalue weighted by Crippen LogP contribution is -2.40. The van der Waals surface area contributed by atoms with Crippen molar-refractivity contribution in [2.24, 2.45) is 5.92 Å². The average molecular weight is 391 g/mol. The first-order valence-corrected chi connectivity index (χ1v) is 11.4. The van der Waals surface area contributed by atoms with Crippen molar-refractivity contribution in [3.8, 4) is 10.7 Å². The molecule has 2 aliphatic carbocycles. The van der Waals surface area contributed by atoms with Gasteiger partial charge in [-0.05, 0) is 55.9 Å². The molecule has 2 aliphatic rings. The van der Waals surface area contributed by atoms with Crippen molar-refractivity contribution in [1.82, 2.24) is 19.7 Å². The maximum atomic E-state index is 12.7. The van der Waals surface area contributed by atoms with E-state index in [9.17, 15) is 4.79 Å². The van der Waals surface area contributed by atoms with Gasteiger partial charge in [0.25, 0.3) is 0 Å². The van der Waals surface area contributed by atoms with Gasteiger partial charge in [-0.2, -0.15) is 0 Å². The minimum atomic E-state index is 0.206. The number of carbonyl (C=O) groups is 1. The van der Waals surface area contributed by atoms with Crippen LogP contribution in [0.4, 0.5) is 0 Å². The lowest BCUT2D eigenvalue weighted by molar-refractivity contribution is -0.129. The van der Waals surface area contributed by atoms with E-state index in [0.717, 1.165) is 34.6 Å². The van der Waals surface area contributed by atoms with E-state index in [2.05, 4.69) is 33.1 Å². The fourth-order valence-corrected chi connectivity index (χ4v) is 5.31. The van der Waals surface area contributed by atoms with Crippen molar-refractivity contribution < 1.29 is 4.79 Å². The number of rotatable bonds is 6. The van der Waals surface area contributed by atoms with E-state index in [1.165, 1.54) is 37.4 Å². The molecule has 0 aromatic carbocycles. The van der Waals surface area contributed by atoms with Crippen LogP contribution < -0.4 is 0 Å². The van der Waals surface area contributed by atoms with E-state index in [-0.39, 0.29) is 5.91 Å². The lowest BCUT2D eigenvalue weighted by atomic mass is 9.87. The summed E-state index contributed by atoms with van der Waals surface area (Å²) in [6.07, 6.45) is 7.09. The Bertz CT molecular complexity index is 746. The maximum Gasteiger partial charge on any atom is 0.233 e. The van der Waals surface area contributed by atoms with Crippen molar-refractivity contribution >= 4 is 29.0 Å². The minimum Gasteiger partial charge on any atom is -0.342 e. The molecule has 0 aliphatic heterocycles. The van der Waals surface area contributed by atoms with Gasteiger partial charge in [0, 0.05) is 19.1 Å². The molecule has 0 unspecified atom stereocenters. The van der Waals surface area contributed by atoms with Crippen molar-refractivity contribution in [2.45, 2.75) is 62.7 Å². The molecule has 0 radical (unpaired) electrons. The molecule has 1 amide bonds. The Hall–Kier alpha value is -1.34. The van der Waals surface area contributed by atoms with Gasteiger partial charge < -0.3 is 4.90 Å². The molecule has 2 heterocycles. The van der Waals surface area contributed by atoms with Crippen LogP contribution in [0.25, 0.3) is 10.7 Å². The van der Waals surface area contributed by atoms with Crippen molar-refractivity contribution in [1.29, 1.82) is 0 Å². The zero-order chi connectivity index (χ0) is 18.1. The summed E-state index contributed by atoms with van der Waals surface area (Å²) in [5, 5.41) is 11.8. The van der Waals surface area contributed by atoms with E-state index in [4.69, 9.17) is 0 Å². The number of carbonyl (C=O) groups excluding carboxylic acids is 1. The smallest absolute Gasteiger partial charge is 0.233 e. The molecule has 2 aromatic heterocycles. The van der Waals surface area contributed by atoms with Gasteiger partial charge in [0.15, 0.2) is 11.0 Å². The fourth-order valence-electron chi connectivity index (χ4n) is 3.67. The summed E-state index contributed by atoms with van der Waals surface area (Å²) in [7, 11) is 1.96. The van der Waals surface area contributed by atoms with E-state index in [1.807, 2.05) is 18.0 Å². The Morgan fingerprint density at radius 1 is 1.27 bits per heavy atom. The topological polar surface area (TPSA) is 51.0 Å². The summed E-state index contributed by atoms with van der Waals surface area (Å²) in [6, 6.07) is 5.03. The van der Waals surface area contributed by atoms with Crippen molar-refractivity contribution in [3.05, 3.63) is 17.5 Å². The highest BCUT2D eigenvalue weighted by atomic mass is 32.2. The largest absolute Gasteiger partial charge is 0.342 e. The third kappa shape index (κ3) is 3.83. The number of thioether (sulfide) groups is 1. The Kier molecular flexibility index (Phi) is 5.36. The van der Waals surface area contributed by atoms with Crippen LogP contribution in [0.2, 0.25) is 0 Å². The third-order valence-corrected chi connectivity index (χ3v) is 7.36. The van der Waals surface area contributed by atoms with Crippen LogP contribution in [0, 0.1) is 5.92 Å². The van der Waals surface area contributed by atoms with Gasteiger partial charge in [0.1, 0.15) is 0 Å². The van der Waals surface area contributed by atoms with Crippen LogP contribution in [0.1, 0.15) is 51.5 Å². The quantitative estimate of drug-likeness (QED) is 0.683. The monoisotopic (exact) mass is 390 g/mol. The highest BCUT2D eigenvalue weighted by Crippen LogP contribution is 2.41. The van der Waals surface area contributed by atoms with Crippen LogP contribution in [0.3, 0.4) is 0 Å². The Balaban J connectivity index is 1.41. The Morgan fingerprint density at radius 2 is 2.04 bits per heavy atom. The molecular weight excluding hydrogens is 364 g/mol. The zero-order valence-corrected chi connectivity index (χ0v) is 17.1. The Morgan fingerprint density at radius 3 is 2.69 bits per heavy atom. The van der Waals surface area contributed by atoms with Gasteiger partial charge in [0.05, 0.1) is 10.6 Å². The molecule has 0 saturated heterocycles. The van der Waals surface area contributed by atoms with Crippen LogP contribution in [-0.2, 0) is 4.79 Å². The molecule has 5 nitrogen and oxygen atoms in total. The number of aromatic nitrogens is 3. The average Bonchev–Trinajstić information content (AvgIpc) is 3.18. The first kappa shape index (κ1) is 18.0. The molecule has 0 N–H and O–H groups in total. The third-order valence-electron chi connectivity index (χ3n) is 5.57. The molecule has 26 heavy (non-hydrogen) atoms. The maximum absolute atomic E-state index is 12.7. The SMILES string of the molecule is CC1CCC(N(C)C(=O)CSc2nnc(-c3cccs3)n2C2CC2)CC1. The number of hydrogen-bond donors (Lipinski definition) is 0. The molecule has 2 fully saturated rings. The summed E-state index contributed by atoms with van der Waals surface area (Å²) in [6.45, 7) is 2.31. The number of hydrogen-bond acceptors (Lipinski definition) is 5. The van der Waals surface area contributed by atoms with E-state index in [0.29, 0.717) is 17.8 Å². The molecule has 0 atom stereocenters. The molecule has 4 rings (SSSR count). The van der Waals surface area contributed by atoms with Gasteiger partial charge in [-0.1, -0.05) is 24.8 Å². The van der Waals surface area contributed by atoms with Gasteiger partial charge >= 0.3 is 0 Å². The van der Waals surface area contributed by atoms with E-state index >= 15 is 0 Å². The van der Waals surface area contributed by atoms with Crippen LogP contribution in [-0.4, -0.2) is 44.4 Å². The van der Waals surface area contributed by atoms with Crippen molar-refractivity contribution in [3.63, 3.8) is 0 Å². The van der Waals surface area contributed by atoms with Crippen LogP contribution in [0.5, 0.6) is 0 Å². The van der Waals surface area contributed by atoms with E-state index in [1.54, 1.807) is 11.3 Å². The summed E-state index contributed by atoms with van der Waals surface area (Å²) < 4.78 is 2.24. The molecule has 0 bridgehead atoms. The van der Waals surface area contributed by atoms with Gasteiger partial charge in [-0.3, -0.25) is 9.36 Å². The fraction of sp³-hybridized carbons (Fsp3) is 0.632. The highest BCUT2D eigenvalue weighted by Gasteiger charge is 2.31. The molecule has 7 heteroatoms. The second kappa shape index (κ2) is 7.72. The molecule has 0 spiro atoms. The van der Waals surface area contributed by atoms with Gasteiger partial charge in [-0.15, -0.1) is 21.5 Å². The van der Waals surface area contributed by atoms with Crippen LogP contribution >= 0.6 is 23.1 Å². The van der Waals surface area contributed by atoms with Gasteiger partial charge in [0.2, 0.25) is 5.91 Å². The Labute approximate surface area is 163 Å². The standard InChI is InChI=1S/C19H26N4OS2/c1-13-5-7-14(8-6-13)22(2)17(24)12-26-19-21-20-18(16-4-3-11-25-16)23(19)15-9-10-15/h3-4,11,13-15H,5-10,12H2,1-2H3. The molecular formula is C19H26N4OS2. The first-order valence-electron chi connectivity index (χ1n) is 9.50. The normalized spacial score (nSPS) is 23.2. The van der Waals surface area contributed by atoms with Gasteiger partial charge in [-0.25, -0.2) is 0 Å². The van der Waals surface area contributed by atoms with E-state index < -0.39 is 0 Å². The predicted molar refractivity (Wildman–Crippen MR) is 107 cm³/mol. The highest BCUT2D eigenvalue weighted by molar-refractivity contribution is 7.99. The summed E-state index contributed by atoms with van der Waals surface area (Å²) in [4.78, 5) is 15.8. The first-order chi connectivity index (χ1) is 12.6. The molecule has 2 saturated carbocycles. The van der Waals surface area contributed by atoms with Crippen LogP contribution in [0.15, 0.2) is 22.7 Å². The lowest BCUT2D eigenvalue weighted by Gasteiger charge is -2.33. The summed E-state index contributed by atoms with van der Waals surface area (Å²) in [5.74, 6) is 2.40. The van der Waals surface area contributed by atoms with Crippen molar-refractivity contribution in [2.75, 3.05) is 12.8 Å². The molecule has 2 aromatic rings. The second-order valence-corrected chi connectivity index (χ2v) is 9.48. The zero-order valence-electron chi connectivity index (χ0n) is 15.4. The summed E-state index contributed by atoms with van der Waals surface area (Å²) >= 11 is 3.23. The number of amides is 1. The molecule has 140 valence electrons. The summed E-state index contributed by atoms with van der Waals surface area (Å²) in [5.41, 5.74) is 0. The predicted octanol–water partition coefficient (Wildman–Crippen LogP) is 4.47. The number of nitrogens with zero attached hydrogens (tertiary/aromatic N) is 4. The second-order valence-electron chi connectivity index (χ2n) is 7.59. The minimum absolute atomic E-state index is 0.206. The number of thiophene rings is 1.